The van der Waals surface area contributed by atoms with Crippen LogP contribution in [0.2, 0.25) is 0 Å². The Morgan fingerprint density at radius 2 is 1.45 bits per heavy atom. The van der Waals surface area contributed by atoms with Crippen LogP contribution < -0.4 is 5.32 Å². The average Bonchev–Trinajstić information content (AvgIpc) is 3.41. The molecule has 2 unspecified atom stereocenters. The Morgan fingerprint density at radius 3 is 2.24 bits per heavy atom. The first-order valence-corrected chi connectivity index (χ1v) is 18.6. The summed E-state index contributed by atoms with van der Waals surface area (Å²) in [5.41, 5.74) is 3.87. The second kappa shape index (κ2) is 21.4. The van der Waals surface area contributed by atoms with E-state index in [4.69, 9.17) is 26.8 Å². The molecule has 2 radical (unpaired) electrons. The van der Waals surface area contributed by atoms with Gasteiger partial charge in [0.15, 0.2) is 0 Å². The number of benzene rings is 2. The lowest BCUT2D eigenvalue weighted by Gasteiger charge is -2.24. The van der Waals surface area contributed by atoms with E-state index in [1.807, 2.05) is 55.5 Å². The normalized spacial score (nSPS) is 20.5. The number of ketones is 1. The van der Waals surface area contributed by atoms with Crippen LogP contribution in [0.5, 0.6) is 0 Å². The number of unbranched alkanes of at least 4 members (excludes halogenated alkanes) is 6. The van der Waals surface area contributed by atoms with E-state index < -0.39 is 24.2 Å². The van der Waals surface area contributed by atoms with Crippen molar-refractivity contribution in [2.75, 3.05) is 13.2 Å². The number of ether oxygens (including phenoxy) is 4. The predicted octanol–water partition coefficient (Wildman–Crippen LogP) is 6.21. The van der Waals surface area contributed by atoms with E-state index in [9.17, 15) is 19.2 Å². The van der Waals surface area contributed by atoms with Crippen molar-refractivity contribution in [1.29, 1.82) is 0 Å². The third kappa shape index (κ3) is 13.3. The number of carbonyl (C=O) groups excluding carboxylic acids is 4. The highest BCUT2D eigenvalue weighted by Gasteiger charge is 2.44. The monoisotopic (exact) mass is 697 g/mol. The van der Waals surface area contributed by atoms with Crippen LogP contribution in [0.15, 0.2) is 48.5 Å². The predicted molar refractivity (Wildman–Crippen MR) is 195 cm³/mol. The smallest absolute Gasteiger partial charge is 0.306 e. The molecule has 0 saturated carbocycles. The minimum absolute atomic E-state index is 0.0151. The van der Waals surface area contributed by atoms with Crippen LogP contribution in [0.4, 0.5) is 0 Å². The molecule has 4 rings (SSSR count). The van der Waals surface area contributed by atoms with E-state index in [1.54, 1.807) is 0 Å². The number of carbonyl (C=O) groups is 4. The number of Topliss-reactive ketones (excluding diaryl/α,β-unsaturated/α-hetero) is 1. The van der Waals surface area contributed by atoms with Crippen LogP contribution >= 0.6 is 0 Å². The van der Waals surface area contributed by atoms with E-state index in [1.165, 1.54) is 6.92 Å². The van der Waals surface area contributed by atoms with Gasteiger partial charge in [-0.2, -0.15) is 0 Å². The molecule has 0 spiro atoms. The minimum Gasteiger partial charge on any atom is -0.458 e. The molecular formula is C41H52BNO8. The fraction of sp³-hybridized carbons (Fsp3) is 0.561. The van der Waals surface area contributed by atoms with Crippen molar-refractivity contribution in [1.82, 2.24) is 5.32 Å². The zero-order valence-corrected chi connectivity index (χ0v) is 30.2. The molecule has 1 N–H and O–H groups in total. The Balaban J connectivity index is 1.02. The Kier molecular flexibility index (Phi) is 16.7. The first-order chi connectivity index (χ1) is 24.7. The number of esters is 2. The second-order valence-electron chi connectivity index (χ2n) is 13.4. The SMILES string of the molecule is [B][C@@H]1O[C@H](CC)[C@H](OCCCCCCNC(=O)CCCCCCC(=O)OC2Cc3ccccc3C#Cc3ccccc32)C1OC(=O)CCC(C)=O. The standard InChI is InChI=1S/C41H52BNO8/c1-3-34-39(40(41(42)50-34)51-38(47)25-22-29(2)44)48-27-15-7-6-14-26-43-36(45)20-8-4-5-9-21-37(46)49-35-28-32-18-11-10-16-30(32)23-24-31-17-12-13-19-33(31)35/h10-13,16-19,34-35,39-41H,3-9,14-15,20-22,25-28H2,1-2H3,(H,43,45)/t34-,35?,39+,40?,41-/m1/s1. The Labute approximate surface area is 304 Å². The molecule has 0 bridgehead atoms. The molecule has 9 nitrogen and oxygen atoms in total. The molecule has 1 fully saturated rings. The lowest BCUT2D eigenvalue weighted by atomic mass is 9.92. The highest BCUT2D eigenvalue weighted by atomic mass is 16.6. The summed E-state index contributed by atoms with van der Waals surface area (Å²) in [6.45, 7) is 4.53. The number of amides is 1. The zero-order chi connectivity index (χ0) is 36.4. The molecule has 1 saturated heterocycles. The molecule has 1 heterocycles. The molecule has 2 aromatic rings. The lowest BCUT2D eigenvalue weighted by molar-refractivity contribution is -0.156. The number of hydrogen-bond acceptors (Lipinski definition) is 8. The van der Waals surface area contributed by atoms with E-state index in [-0.39, 0.29) is 42.7 Å². The average molecular weight is 698 g/mol. The summed E-state index contributed by atoms with van der Waals surface area (Å²) in [6.07, 6.45) is 7.30. The number of nitrogens with one attached hydrogen (secondary N) is 1. The summed E-state index contributed by atoms with van der Waals surface area (Å²) < 4.78 is 23.3. The minimum atomic E-state index is -0.760. The van der Waals surface area contributed by atoms with Gasteiger partial charge in [-0.15, -0.1) is 0 Å². The van der Waals surface area contributed by atoms with Gasteiger partial charge in [0.2, 0.25) is 5.91 Å². The molecule has 1 aliphatic carbocycles. The third-order valence-electron chi connectivity index (χ3n) is 9.27. The maximum atomic E-state index is 12.8. The summed E-state index contributed by atoms with van der Waals surface area (Å²) >= 11 is 0. The van der Waals surface area contributed by atoms with Gasteiger partial charge in [0.1, 0.15) is 31.9 Å². The van der Waals surface area contributed by atoms with Gasteiger partial charge in [0.25, 0.3) is 0 Å². The summed E-state index contributed by atoms with van der Waals surface area (Å²) in [5.74, 6) is 5.80. The maximum Gasteiger partial charge on any atom is 0.306 e. The van der Waals surface area contributed by atoms with Gasteiger partial charge in [-0.05, 0) is 56.7 Å². The summed E-state index contributed by atoms with van der Waals surface area (Å²) in [7, 11) is 6.07. The molecule has 272 valence electrons. The highest BCUT2D eigenvalue weighted by Crippen LogP contribution is 2.30. The zero-order valence-electron chi connectivity index (χ0n) is 30.2. The van der Waals surface area contributed by atoms with Crippen LogP contribution in [0.25, 0.3) is 0 Å². The van der Waals surface area contributed by atoms with Crippen LogP contribution in [0, 0.1) is 11.8 Å². The first-order valence-electron chi connectivity index (χ1n) is 18.6. The molecule has 10 heteroatoms. The van der Waals surface area contributed by atoms with Crippen LogP contribution in [0.3, 0.4) is 0 Å². The fourth-order valence-electron chi connectivity index (χ4n) is 6.41. The van der Waals surface area contributed by atoms with Gasteiger partial charge in [-0.25, -0.2) is 0 Å². The molecule has 5 atom stereocenters. The van der Waals surface area contributed by atoms with Crippen molar-refractivity contribution in [3.63, 3.8) is 0 Å². The van der Waals surface area contributed by atoms with Crippen LogP contribution in [0.1, 0.15) is 126 Å². The van der Waals surface area contributed by atoms with Gasteiger partial charge >= 0.3 is 11.9 Å². The van der Waals surface area contributed by atoms with Crippen LogP contribution in [-0.4, -0.2) is 68.9 Å². The van der Waals surface area contributed by atoms with Gasteiger partial charge in [0.05, 0.1) is 18.5 Å². The van der Waals surface area contributed by atoms with E-state index >= 15 is 0 Å². The van der Waals surface area contributed by atoms with Crippen molar-refractivity contribution in [3.05, 3.63) is 70.8 Å². The molecule has 1 aliphatic heterocycles. The van der Waals surface area contributed by atoms with E-state index in [0.29, 0.717) is 38.8 Å². The van der Waals surface area contributed by atoms with Gasteiger partial charge in [-0.1, -0.05) is 80.8 Å². The highest BCUT2D eigenvalue weighted by molar-refractivity contribution is 6.11. The molecule has 2 aliphatic rings. The summed E-state index contributed by atoms with van der Waals surface area (Å²) in [5, 5.41) is 3.00. The molecule has 0 aromatic heterocycles. The largest absolute Gasteiger partial charge is 0.458 e. The van der Waals surface area contributed by atoms with Gasteiger partial charge in [-0.3, -0.25) is 14.4 Å². The second-order valence-corrected chi connectivity index (χ2v) is 13.4. The van der Waals surface area contributed by atoms with Gasteiger partial charge in [0, 0.05) is 55.5 Å². The molecule has 1 amide bonds. The third-order valence-corrected chi connectivity index (χ3v) is 9.27. The number of rotatable bonds is 21. The van der Waals surface area contributed by atoms with E-state index in [2.05, 4.69) is 17.2 Å². The lowest BCUT2D eigenvalue weighted by Crippen LogP contribution is -2.39. The van der Waals surface area contributed by atoms with Crippen molar-refractivity contribution in [2.24, 2.45) is 0 Å². The number of fused-ring (bicyclic) bond motifs is 2. The van der Waals surface area contributed by atoms with Gasteiger partial charge < -0.3 is 29.1 Å². The molecular weight excluding hydrogens is 645 g/mol. The van der Waals surface area contributed by atoms with Crippen molar-refractivity contribution in [2.45, 2.75) is 134 Å². The Bertz CT molecular complexity index is 1520. The first kappa shape index (κ1) is 39.8. The Hall–Kier alpha value is -3.94. The summed E-state index contributed by atoms with van der Waals surface area (Å²) in [6, 6.07) is 15.1. The van der Waals surface area contributed by atoms with Crippen molar-refractivity contribution in [3.8, 4) is 11.8 Å². The Morgan fingerprint density at radius 1 is 0.784 bits per heavy atom. The topological polar surface area (TPSA) is 117 Å². The fourth-order valence-corrected chi connectivity index (χ4v) is 6.41. The number of hydrogen-bond donors (Lipinski definition) is 1. The quantitative estimate of drug-likeness (QED) is 0.0709. The van der Waals surface area contributed by atoms with Crippen molar-refractivity contribution < 1.29 is 38.1 Å². The molecule has 2 aromatic carbocycles. The summed E-state index contributed by atoms with van der Waals surface area (Å²) in [4.78, 5) is 48.5. The van der Waals surface area contributed by atoms with Crippen LogP contribution in [-0.2, 0) is 44.5 Å². The maximum absolute atomic E-state index is 12.8. The van der Waals surface area contributed by atoms with Crippen molar-refractivity contribution >= 4 is 31.5 Å². The van der Waals surface area contributed by atoms with E-state index in [0.717, 1.165) is 73.6 Å². The molecule has 51 heavy (non-hydrogen) atoms.